The van der Waals surface area contributed by atoms with Crippen molar-refractivity contribution in [1.29, 1.82) is 0 Å². The van der Waals surface area contributed by atoms with Crippen LogP contribution in [0.4, 0.5) is 4.39 Å². The van der Waals surface area contributed by atoms with E-state index in [2.05, 4.69) is 22.4 Å². The Hall–Kier alpha value is -2.39. The van der Waals surface area contributed by atoms with E-state index in [1.807, 2.05) is 0 Å². The van der Waals surface area contributed by atoms with Gasteiger partial charge >= 0.3 is 5.97 Å². The van der Waals surface area contributed by atoms with Crippen LogP contribution in [0.5, 0.6) is 0 Å². The van der Waals surface area contributed by atoms with Crippen molar-refractivity contribution in [2.45, 2.75) is 39.5 Å². The van der Waals surface area contributed by atoms with Gasteiger partial charge in [0.05, 0.1) is 6.61 Å². The van der Waals surface area contributed by atoms with Crippen LogP contribution in [0.1, 0.15) is 40.8 Å². The van der Waals surface area contributed by atoms with E-state index in [0.29, 0.717) is 32.9 Å². The number of hydrogen-bond donors (Lipinski definition) is 0. The Morgan fingerprint density at radius 1 is 1.35 bits per heavy atom. The van der Waals surface area contributed by atoms with Crippen molar-refractivity contribution < 1.29 is 18.7 Å². The van der Waals surface area contributed by atoms with Gasteiger partial charge in [-0.05, 0) is 29.0 Å². The van der Waals surface area contributed by atoms with Gasteiger partial charge in [0.1, 0.15) is 10.7 Å². The normalized spacial score (nSPS) is 11.2. The number of thiophene rings is 1. The lowest BCUT2D eigenvalue weighted by Crippen LogP contribution is -2.11. The van der Waals surface area contributed by atoms with E-state index in [1.165, 1.54) is 24.5 Å². The topological polar surface area (TPSA) is 79.1 Å². The van der Waals surface area contributed by atoms with Gasteiger partial charge < -0.3 is 9.47 Å². The second kappa shape index (κ2) is 8.33. The van der Waals surface area contributed by atoms with Gasteiger partial charge in [-0.25, -0.2) is 13.9 Å². The number of halogens is 1. The van der Waals surface area contributed by atoms with E-state index in [4.69, 9.17) is 9.47 Å². The Kier molecular flexibility index (Phi) is 5.89. The molecule has 0 unspecified atom stereocenters. The molecule has 0 amide bonds. The molecule has 0 radical (unpaired) electrons. The minimum Gasteiger partial charge on any atom is -0.453 e. The van der Waals surface area contributed by atoms with Crippen LogP contribution in [0, 0.1) is 5.82 Å². The first-order valence-corrected chi connectivity index (χ1v) is 9.08. The fourth-order valence-corrected chi connectivity index (χ4v) is 3.73. The lowest BCUT2D eigenvalue weighted by atomic mass is 10.1. The zero-order valence-corrected chi connectivity index (χ0v) is 15.4. The summed E-state index contributed by atoms with van der Waals surface area (Å²) >= 11 is 1.19. The molecule has 2 heterocycles. The Morgan fingerprint density at radius 2 is 2.19 bits per heavy atom. The maximum Gasteiger partial charge on any atom is 0.349 e. The standard InChI is InChI=1S/C17H19FN4O3S/c1-3-4-8-22-14(19-20-21-22)10-25-17(23)16-11(9-24-2)15-12(18)6-5-7-13(15)26-16/h5-7H,3-4,8-10H2,1-2H3. The number of tetrazole rings is 1. The molecule has 0 bridgehead atoms. The number of fused-ring (bicyclic) bond motifs is 1. The summed E-state index contributed by atoms with van der Waals surface area (Å²) in [6.07, 6.45) is 1.94. The highest BCUT2D eigenvalue weighted by Crippen LogP contribution is 2.34. The van der Waals surface area contributed by atoms with E-state index >= 15 is 0 Å². The molecule has 0 saturated heterocycles. The van der Waals surface area contributed by atoms with Crippen LogP contribution in [0.3, 0.4) is 0 Å². The summed E-state index contributed by atoms with van der Waals surface area (Å²) in [7, 11) is 1.50. The number of carbonyl (C=O) groups excluding carboxylic acids is 1. The van der Waals surface area contributed by atoms with Crippen LogP contribution in [0.2, 0.25) is 0 Å². The number of hydrogen-bond acceptors (Lipinski definition) is 7. The maximum atomic E-state index is 14.2. The number of esters is 1. The minimum atomic E-state index is -0.539. The van der Waals surface area contributed by atoms with E-state index in [9.17, 15) is 9.18 Å². The summed E-state index contributed by atoms with van der Waals surface area (Å²) in [4.78, 5) is 12.9. The predicted molar refractivity (Wildman–Crippen MR) is 94.3 cm³/mol. The molecule has 0 aliphatic carbocycles. The number of rotatable bonds is 8. The zero-order chi connectivity index (χ0) is 18.5. The van der Waals surface area contributed by atoms with Gasteiger partial charge in [-0.2, -0.15) is 0 Å². The molecule has 0 atom stereocenters. The number of carbonyl (C=O) groups is 1. The summed E-state index contributed by atoms with van der Waals surface area (Å²) < 4.78 is 27.0. The average Bonchev–Trinajstić information content (AvgIpc) is 3.23. The lowest BCUT2D eigenvalue weighted by Gasteiger charge is -2.06. The van der Waals surface area contributed by atoms with Gasteiger partial charge in [0.2, 0.25) is 0 Å². The molecule has 1 aromatic carbocycles. The molecule has 138 valence electrons. The van der Waals surface area contributed by atoms with Crippen molar-refractivity contribution >= 4 is 27.4 Å². The molecule has 0 N–H and O–H groups in total. The molecule has 2 aromatic heterocycles. The lowest BCUT2D eigenvalue weighted by molar-refractivity contribution is 0.0458. The van der Waals surface area contributed by atoms with E-state index in [-0.39, 0.29) is 19.0 Å². The number of nitrogens with zero attached hydrogens (tertiary/aromatic N) is 4. The highest BCUT2D eigenvalue weighted by atomic mass is 32.1. The Bertz CT molecular complexity index is 909. The van der Waals surface area contributed by atoms with Crippen molar-refractivity contribution in [1.82, 2.24) is 20.2 Å². The van der Waals surface area contributed by atoms with Crippen LogP contribution < -0.4 is 0 Å². The summed E-state index contributed by atoms with van der Waals surface area (Å²) in [6.45, 7) is 2.82. The second-order valence-corrected chi connectivity index (χ2v) is 6.76. The van der Waals surface area contributed by atoms with Gasteiger partial charge in [0.15, 0.2) is 12.4 Å². The quantitative estimate of drug-likeness (QED) is 0.560. The van der Waals surface area contributed by atoms with Crippen molar-refractivity contribution in [3.63, 3.8) is 0 Å². The number of aryl methyl sites for hydroxylation is 1. The van der Waals surface area contributed by atoms with Crippen molar-refractivity contribution in [2.75, 3.05) is 7.11 Å². The molecule has 7 nitrogen and oxygen atoms in total. The van der Waals surface area contributed by atoms with Crippen molar-refractivity contribution in [3.8, 4) is 0 Å². The SMILES string of the molecule is CCCCn1nnnc1COC(=O)c1sc2cccc(F)c2c1COC. The fraction of sp³-hybridized carbons (Fsp3) is 0.412. The first-order chi connectivity index (χ1) is 12.7. The molecule has 3 rings (SSSR count). The maximum absolute atomic E-state index is 14.2. The van der Waals surface area contributed by atoms with Gasteiger partial charge in [0, 0.05) is 29.3 Å². The molecule has 0 spiro atoms. The van der Waals surface area contributed by atoms with E-state index < -0.39 is 5.97 Å². The highest BCUT2D eigenvalue weighted by Gasteiger charge is 2.22. The Balaban J connectivity index is 1.81. The Morgan fingerprint density at radius 3 is 2.96 bits per heavy atom. The highest BCUT2D eigenvalue weighted by molar-refractivity contribution is 7.21. The number of aromatic nitrogens is 4. The van der Waals surface area contributed by atoms with Crippen LogP contribution in [0.15, 0.2) is 18.2 Å². The molecule has 0 aliphatic heterocycles. The third-order valence-corrected chi connectivity index (χ3v) is 5.08. The molecule has 26 heavy (non-hydrogen) atoms. The number of methoxy groups -OCH3 is 1. The monoisotopic (exact) mass is 378 g/mol. The Labute approximate surface area is 153 Å². The molecule has 0 aliphatic rings. The third-order valence-electron chi connectivity index (χ3n) is 3.90. The number of ether oxygens (including phenoxy) is 2. The first-order valence-electron chi connectivity index (χ1n) is 8.26. The number of benzene rings is 1. The number of unbranched alkanes of at least 4 members (excludes halogenated alkanes) is 1. The molecular formula is C17H19FN4O3S. The molecule has 0 fully saturated rings. The van der Waals surface area contributed by atoms with Crippen LogP contribution in [-0.4, -0.2) is 33.3 Å². The smallest absolute Gasteiger partial charge is 0.349 e. The van der Waals surface area contributed by atoms with Crippen LogP contribution in [-0.2, 0) is 29.2 Å². The molecular weight excluding hydrogens is 359 g/mol. The van der Waals surface area contributed by atoms with E-state index in [0.717, 1.165) is 12.8 Å². The second-order valence-electron chi connectivity index (χ2n) is 5.70. The summed E-state index contributed by atoms with van der Waals surface area (Å²) in [5.74, 6) is -0.441. The van der Waals surface area contributed by atoms with Crippen molar-refractivity contribution in [3.05, 3.63) is 40.3 Å². The molecule has 0 saturated carbocycles. The first kappa shape index (κ1) is 18.4. The molecule has 3 aromatic rings. The van der Waals surface area contributed by atoms with Crippen LogP contribution >= 0.6 is 11.3 Å². The summed E-state index contributed by atoms with van der Waals surface area (Å²) in [5, 5.41) is 11.8. The van der Waals surface area contributed by atoms with Gasteiger partial charge in [-0.1, -0.05) is 19.4 Å². The van der Waals surface area contributed by atoms with E-state index in [1.54, 1.807) is 16.8 Å². The zero-order valence-electron chi connectivity index (χ0n) is 14.6. The van der Waals surface area contributed by atoms with Crippen molar-refractivity contribution in [2.24, 2.45) is 0 Å². The van der Waals surface area contributed by atoms with Gasteiger partial charge in [0.25, 0.3) is 0 Å². The van der Waals surface area contributed by atoms with Gasteiger partial charge in [-0.3, -0.25) is 0 Å². The predicted octanol–water partition coefficient (Wildman–Crippen LogP) is 3.33. The average molecular weight is 378 g/mol. The molecule has 9 heteroatoms. The summed E-state index contributed by atoms with van der Waals surface area (Å²) in [5.41, 5.74) is 0.501. The summed E-state index contributed by atoms with van der Waals surface area (Å²) in [6, 6.07) is 4.75. The van der Waals surface area contributed by atoms with Gasteiger partial charge in [-0.15, -0.1) is 16.4 Å². The third kappa shape index (κ3) is 3.73. The largest absolute Gasteiger partial charge is 0.453 e. The minimum absolute atomic E-state index is 0.0430. The fourth-order valence-electron chi connectivity index (χ4n) is 2.62. The van der Waals surface area contributed by atoms with Crippen LogP contribution in [0.25, 0.3) is 10.1 Å².